The minimum atomic E-state index is -0.193. The van der Waals surface area contributed by atoms with Crippen molar-refractivity contribution < 1.29 is 9.84 Å². The number of benzene rings is 1. The van der Waals surface area contributed by atoms with E-state index >= 15 is 0 Å². The van der Waals surface area contributed by atoms with Crippen molar-refractivity contribution in [3.63, 3.8) is 0 Å². The lowest BCUT2D eigenvalue weighted by molar-refractivity contribution is 0.0349. The number of fused-ring (bicyclic) bond motifs is 1. The monoisotopic (exact) mass is 290 g/mol. The largest absolute Gasteiger partial charge is 0.508 e. The number of hydrogen-bond acceptors (Lipinski definition) is 4. The molecule has 1 aromatic rings. The van der Waals surface area contributed by atoms with Crippen LogP contribution in [0.15, 0.2) is 18.2 Å². The highest BCUT2D eigenvalue weighted by molar-refractivity contribution is 5.44. The van der Waals surface area contributed by atoms with E-state index in [0.717, 1.165) is 25.3 Å². The molecule has 0 radical (unpaired) electrons. The first-order valence-corrected chi connectivity index (χ1v) is 7.78. The summed E-state index contributed by atoms with van der Waals surface area (Å²) >= 11 is 0. The first-order chi connectivity index (χ1) is 9.85. The van der Waals surface area contributed by atoms with E-state index < -0.39 is 0 Å². The second kappa shape index (κ2) is 5.18. The molecule has 0 aromatic heterocycles. The maximum atomic E-state index is 9.72. The topological polar surface area (TPSA) is 35.9 Å². The maximum Gasteiger partial charge on any atom is 0.128 e. The highest BCUT2D eigenvalue weighted by Crippen LogP contribution is 2.44. The molecule has 2 unspecified atom stereocenters. The van der Waals surface area contributed by atoms with Gasteiger partial charge in [0.05, 0.1) is 0 Å². The van der Waals surface area contributed by atoms with Crippen LogP contribution in [0.2, 0.25) is 0 Å². The minimum Gasteiger partial charge on any atom is -0.508 e. The van der Waals surface area contributed by atoms with Gasteiger partial charge in [0.15, 0.2) is 0 Å². The van der Waals surface area contributed by atoms with Gasteiger partial charge in [-0.3, -0.25) is 4.90 Å². The van der Waals surface area contributed by atoms with Crippen molar-refractivity contribution in [2.24, 2.45) is 0 Å². The van der Waals surface area contributed by atoms with E-state index in [9.17, 15) is 5.11 Å². The van der Waals surface area contributed by atoms with Gasteiger partial charge in [-0.1, -0.05) is 6.07 Å². The van der Waals surface area contributed by atoms with Crippen molar-refractivity contribution >= 4 is 0 Å². The molecule has 2 aliphatic heterocycles. The normalized spacial score (nSPS) is 28.4. The highest BCUT2D eigenvalue weighted by atomic mass is 16.5. The molecule has 2 heterocycles. The van der Waals surface area contributed by atoms with Gasteiger partial charge in [0, 0.05) is 43.2 Å². The summed E-state index contributed by atoms with van der Waals surface area (Å²) in [4.78, 5) is 4.90. The third kappa shape index (κ3) is 2.87. The lowest BCUT2D eigenvalue weighted by atomic mass is 9.88. The Hall–Kier alpha value is -1.26. The van der Waals surface area contributed by atoms with E-state index in [2.05, 4.69) is 37.7 Å². The van der Waals surface area contributed by atoms with E-state index in [-0.39, 0.29) is 11.4 Å². The molecule has 1 N–H and O–H groups in total. The maximum absolute atomic E-state index is 9.72. The molecule has 1 saturated heterocycles. The van der Waals surface area contributed by atoms with Crippen LogP contribution < -0.4 is 4.74 Å². The smallest absolute Gasteiger partial charge is 0.128 e. The van der Waals surface area contributed by atoms with Crippen molar-refractivity contribution in [1.82, 2.24) is 9.80 Å². The van der Waals surface area contributed by atoms with E-state index in [1.807, 2.05) is 6.07 Å². The predicted molar refractivity (Wildman–Crippen MR) is 83.8 cm³/mol. The van der Waals surface area contributed by atoms with Gasteiger partial charge in [-0.2, -0.15) is 0 Å². The Morgan fingerprint density at radius 1 is 1.33 bits per heavy atom. The number of hydrogen-bond donors (Lipinski definition) is 1. The predicted octanol–water partition coefficient (Wildman–Crippen LogP) is 2.63. The molecule has 4 nitrogen and oxygen atoms in total. The summed E-state index contributed by atoms with van der Waals surface area (Å²) in [6, 6.07) is 6.56. The molecule has 2 atom stereocenters. The molecule has 4 heteroatoms. The zero-order valence-corrected chi connectivity index (χ0v) is 13.5. The number of likely N-dealkylation sites (N-methyl/N-ethyl adjacent to an activating group) is 1. The van der Waals surface area contributed by atoms with Crippen LogP contribution in [0.3, 0.4) is 0 Å². The number of ether oxygens (including phenoxy) is 1. The number of aromatic hydroxyl groups is 1. The summed E-state index contributed by atoms with van der Waals surface area (Å²) in [6.07, 6.45) is 2.21. The first kappa shape index (κ1) is 14.7. The number of phenols is 1. The van der Waals surface area contributed by atoms with E-state index in [1.165, 1.54) is 12.0 Å². The fraction of sp³-hybridized carbons (Fsp3) is 0.647. The average molecular weight is 290 g/mol. The molecule has 0 bridgehead atoms. The second-order valence-corrected chi connectivity index (χ2v) is 7.20. The van der Waals surface area contributed by atoms with E-state index in [0.29, 0.717) is 12.1 Å². The second-order valence-electron chi connectivity index (χ2n) is 7.20. The van der Waals surface area contributed by atoms with Crippen molar-refractivity contribution in [3.05, 3.63) is 23.8 Å². The van der Waals surface area contributed by atoms with Gasteiger partial charge >= 0.3 is 0 Å². The van der Waals surface area contributed by atoms with Crippen molar-refractivity contribution in [2.45, 2.75) is 44.4 Å². The Bertz CT molecular complexity index is 528. The lowest BCUT2D eigenvalue weighted by Crippen LogP contribution is -2.41. The molecule has 116 valence electrons. The van der Waals surface area contributed by atoms with Gasteiger partial charge in [0.25, 0.3) is 0 Å². The van der Waals surface area contributed by atoms with Gasteiger partial charge < -0.3 is 14.7 Å². The standard InChI is InChI=1S/C17H26N2O2/c1-17(2)10-15(19-8-7-12(11-19)18(3)4)14-6-5-13(20)9-16(14)21-17/h5-6,9,12,15,20H,7-8,10-11H2,1-4H3. The molecule has 1 fully saturated rings. The Balaban J connectivity index is 1.89. The van der Waals surface area contributed by atoms with Crippen LogP contribution in [0.5, 0.6) is 11.5 Å². The molecule has 0 aliphatic carbocycles. The van der Waals surface area contributed by atoms with Gasteiger partial charge in [0.2, 0.25) is 0 Å². The summed E-state index contributed by atoms with van der Waals surface area (Å²) in [5, 5.41) is 9.72. The summed E-state index contributed by atoms with van der Waals surface area (Å²) in [6.45, 7) is 6.50. The zero-order valence-electron chi connectivity index (χ0n) is 13.5. The molecule has 3 rings (SSSR count). The van der Waals surface area contributed by atoms with Crippen LogP contribution in [0.25, 0.3) is 0 Å². The molecule has 0 amide bonds. The number of rotatable bonds is 2. The highest BCUT2D eigenvalue weighted by Gasteiger charge is 2.39. The third-order valence-electron chi connectivity index (χ3n) is 4.79. The SMILES string of the molecule is CN(C)C1CCN(C2CC(C)(C)Oc3cc(O)ccc32)C1. The van der Waals surface area contributed by atoms with E-state index in [4.69, 9.17) is 4.74 Å². The van der Waals surface area contributed by atoms with Crippen molar-refractivity contribution in [2.75, 3.05) is 27.2 Å². The van der Waals surface area contributed by atoms with Crippen LogP contribution in [0.1, 0.15) is 38.3 Å². The summed E-state index contributed by atoms with van der Waals surface area (Å²) in [5.74, 6) is 1.11. The van der Waals surface area contributed by atoms with E-state index in [1.54, 1.807) is 12.1 Å². The molecule has 21 heavy (non-hydrogen) atoms. The Kier molecular flexibility index (Phi) is 3.62. The first-order valence-electron chi connectivity index (χ1n) is 7.78. The fourth-order valence-corrected chi connectivity index (χ4v) is 3.60. The van der Waals surface area contributed by atoms with Gasteiger partial charge in [0.1, 0.15) is 17.1 Å². The van der Waals surface area contributed by atoms with Crippen LogP contribution in [0, 0.1) is 0 Å². The molecule has 1 aromatic carbocycles. The van der Waals surface area contributed by atoms with Gasteiger partial charge in [-0.15, -0.1) is 0 Å². The molecular weight excluding hydrogens is 264 g/mol. The Morgan fingerprint density at radius 3 is 2.76 bits per heavy atom. The summed E-state index contributed by atoms with van der Waals surface area (Å²) < 4.78 is 6.07. The fourth-order valence-electron chi connectivity index (χ4n) is 3.60. The molecule has 0 spiro atoms. The third-order valence-corrected chi connectivity index (χ3v) is 4.79. The summed E-state index contributed by atoms with van der Waals surface area (Å²) in [5.41, 5.74) is 1.02. The van der Waals surface area contributed by atoms with Crippen LogP contribution in [0.4, 0.5) is 0 Å². The Labute approximate surface area is 127 Å². The van der Waals surface area contributed by atoms with Crippen LogP contribution >= 0.6 is 0 Å². The quantitative estimate of drug-likeness (QED) is 0.908. The zero-order chi connectivity index (χ0) is 15.2. The number of phenolic OH excluding ortho intramolecular Hbond substituents is 1. The Morgan fingerprint density at radius 2 is 2.10 bits per heavy atom. The van der Waals surface area contributed by atoms with Crippen molar-refractivity contribution in [3.8, 4) is 11.5 Å². The van der Waals surface area contributed by atoms with Crippen molar-refractivity contribution in [1.29, 1.82) is 0 Å². The van der Waals surface area contributed by atoms with Gasteiger partial charge in [-0.25, -0.2) is 0 Å². The average Bonchev–Trinajstić information content (AvgIpc) is 2.85. The lowest BCUT2D eigenvalue weighted by Gasteiger charge is -2.41. The number of nitrogens with zero attached hydrogens (tertiary/aromatic N) is 2. The summed E-state index contributed by atoms with van der Waals surface area (Å²) in [7, 11) is 4.32. The van der Waals surface area contributed by atoms with Gasteiger partial charge in [-0.05, 0) is 40.4 Å². The molecule has 0 saturated carbocycles. The number of likely N-dealkylation sites (tertiary alicyclic amines) is 1. The molecular formula is C17H26N2O2. The van der Waals surface area contributed by atoms with Crippen LogP contribution in [-0.2, 0) is 0 Å². The van der Waals surface area contributed by atoms with Crippen LogP contribution in [-0.4, -0.2) is 53.7 Å². The molecule has 2 aliphatic rings. The minimum absolute atomic E-state index is 0.193.